The highest BCUT2D eigenvalue weighted by atomic mass is 16.6. The van der Waals surface area contributed by atoms with E-state index in [9.17, 15) is 9.59 Å². The van der Waals surface area contributed by atoms with Crippen LogP contribution in [0.3, 0.4) is 0 Å². The fraction of sp³-hybridized carbons (Fsp3) is 0.800. The van der Waals surface area contributed by atoms with E-state index in [1.165, 1.54) is 11.7 Å². The maximum Gasteiger partial charge on any atom is 0.410 e. The van der Waals surface area contributed by atoms with Crippen molar-refractivity contribution >= 4 is 20.2 Å². The minimum Gasteiger partial charge on any atom is -0.444 e. The van der Waals surface area contributed by atoms with E-state index in [0.717, 1.165) is 6.29 Å². The van der Waals surface area contributed by atoms with Crippen molar-refractivity contribution in [3.63, 3.8) is 0 Å². The van der Waals surface area contributed by atoms with Crippen molar-refractivity contribution in [3.8, 4) is 0 Å². The molecule has 15 heavy (non-hydrogen) atoms. The van der Waals surface area contributed by atoms with E-state index in [1.54, 1.807) is 27.8 Å². The molecule has 5 heteroatoms. The van der Waals surface area contributed by atoms with Crippen LogP contribution in [0, 0.1) is 0 Å². The number of amides is 1. The van der Waals surface area contributed by atoms with Crippen LogP contribution in [0.1, 0.15) is 27.2 Å². The summed E-state index contributed by atoms with van der Waals surface area (Å²) in [6.45, 7) is 7.31. The second-order valence-corrected chi connectivity index (χ2v) is 3.86. The number of aldehydes is 1. The Morgan fingerprint density at radius 1 is 1.40 bits per heavy atom. The first-order chi connectivity index (χ1) is 6.87. The Kier molecular flexibility index (Phi) is 9.12. The summed E-state index contributed by atoms with van der Waals surface area (Å²) in [4.78, 5) is 22.7. The summed E-state index contributed by atoms with van der Waals surface area (Å²) >= 11 is 0. The van der Waals surface area contributed by atoms with Gasteiger partial charge >= 0.3 is 6.09 Å². The highest BCUT2D eigenvalue weighted by Gasteiger charge is 2.18. The van der Waals surface area contributed by atoms with Crippen LogP contribution in [0.15, 0.2) is 0 Å². The van der Waals surface area contributed by atoms with E-state index in [4.69, 9.17) is 4.74 Å². The Hall–Kier alpha value is -0.995. The number of nitrogens with zero attached hydrogens (tertiary/aromatic N) is 1. The first kappa shape index (κ1) is 16.4. The van der Waals surface area contributed by atoms with Crippen LogP contribution >= 0.6 is 0 Å². The number of ether oxygens (including phenoxy) is 1. The van der Waals surface area contributed by atoms with Gasteiger partial charge in [-0.15, -0.1) is 0 Å². The van der Waals surface area contributed by atoms with Gasteiger partial charge in [0.15, 0.2) is 0 Å². The van der Waals surface area contributed by atoms with Crippen molar-refractivity contribution in [1.82, 2.24) is 4.90 Å². The van der Waals surface area contributed by atoms with Gasteiger partial charge in [0.1, 0.15) is 11.9 Å². The molecule has 0 N–H and O–H groups in total. The molecule has 4 nitrogen and oxygen atoms in total. The lowest BCUT2D eigenvalue weighted by molar-refractivity contribution is -0.108. The van der Waals surface area contributed by atoms with Gasteiger partial charge in [-0.05, 0) is 20.8 Å². The fourth-order valence-electron chi connectivity index (χ4n) is 0.677. The zero-order valence-electron chi connectivity index (χ0n) is 10.2. The molecule has 0 spiro atoms. The van der Waals surface area contributed by atoms with Crippen molar-refractivity contribution < 1.29 is 14.3 Å². The van der Waals surface area contributed by atoms with Crippen LogP contribution in [-0.2, 0) is 9.53 Å². The summed E-state index contributed by atoms with van der Waals surface area (Å²) in [7, 11) is 6.11. The molecule has 0 aliphatic rings. The predicted octanol–water partition coefficient (Wildman–Crippen LogP) is 1.65. The van der Waals surface area contributed by atoms with Crippen LogP contribution in [0.4, 0.5) is 4.79 Å². The van der Waals surface area contributed by atoms with Gasteiger partial charge in [-0.1, -0.05) is 6.82 Å². The van der Waals surface area contributed by atoms with Crippen LogP contribution in [0.2, 0.25) is 6.82 Å². The average Bonchev–Trinajstić information content (AvgIpc) is 2.14. The van der Waals surface area contributed by atoms with E-state index in [2.05, 4.69) is 7.85 Å². The van der Waals surface area contributed by atoms with E-state index < -0.39 is 11.7 Å². The highest BCUT2D eigenvalue weighted by Crippen LogP contribution is 2.08. The second-order valence-electron chi connectivity index (χ2n) is 3.86. The largest absolute Gasteiger partial charge is 0.444 e. The Bertz CT molecular complexity index is 190. The molecule has 0 bridgehead atoms. The third kappa shape index (κ3) is 10.9. The smallest absolute Gasteiger partial charge is 0.410 e. The monoisotopic (exact) mass is 213 g/mol. The number of rotatable bonds is 3. The van der Waals surface area contributed by atoms with Gasteiger partial charge in [-0.2, -0.15) is 0 Å². The highest BCUT2D eigenvalue weighted by molar-refractivity contribution is 6.05. The Balaban J connectivity index is 0. The average molecular weight is 213 g/mol. The van der Waals surface area contributed by atoms with Crippen molar-refractivity contribution in [3.05, 3.63) is 0 Å². The van der Waals surface area contributed by atoms with Gasteiger partial charge in [0.25, 0.3) is 0 Å². The molecule has 0 fully saturated rings. The SMILES string of the molecule is CN(CCC=O)C(=O)OC(C)(C)C.[B]C. The van der Waals surface area contributed by atoms with Gasteiger partial charge in [-0.25, -0.2) is 4.79 Å². The second kappa shape index (κ2) is 8.32. The van der Waals surface area contributed by atoms with Crippen LogP contribution in [0.25, 0.3) is 0 Å². The molecule has 0 aromatic rings. The first-order valence-corrected chi connectivity index (χ1v) is 4.82. The zero-order chi connectivity index (χ0) is 12.5. The van der Waals surface area contributed by atoms with Crippen molar-refractivity contribution in [2.45, 2.75) is 39.6 Å². The molecule has 86 valence electrons. The molecule has 0 saturated heterocycles. The molecule has 0 atom stereocenters. The van der Waals surface area contributed by atoms with E-state index in [0.29, 0.717) is 13.0 Å². The van der Waals surface area contributed by atoms with Crippen LogP contribution in [-0.4, -0.2) is 44.3 Å². The molecule has 0 saturated carbocycles. The van der Waals surface area contributed by atoms with Gasteiger partial charge in [0, 0.05) is 20.0 Å². The molecule has 0 aromatic heterocycles. The Morgan fingerprint density at radius 3 is 2.20 bits per heavy atom. The summed E-state index contributed by atoms with van der Waals surface area (Å²) < 4.78 is 5.07. The van der Waals surface area contributed by atoms with Crippen molar-refractivity contribution in [2.75, 3.05) is 13.6 Å². The summed E-state index contributed by atoms with van der Waals surface area (Å²) in [6, 6.07) is 0. The standard InChI is InChI=1S/C9H17NO3.CH3B/c1-9(2,3)13-8(12)10(4)6-5-7-11;1-2/h7H,5-6H2,1-4H3;1H3. The topological polar surface area (TPSA) is 46.6 Å². The Labute approximate surface area is 93.4 Å². The quantitative estimate of drug-likeness (QED) is 0.528. The van der Waals surface area contributed by atoms with E-state index in [1.807, 2.05) is 0 Å². The molecule has 0 unspecified atom stereocenters. The number of carbonyl (C=O) groups excluding carboxylic acids is 2. The zero-order valence-corrected chi connectivity index (χ0v) is 10.2. The molecule has 1 amide bonds. The van der Waals surface area contributed by atoms with Gasteiger partial charge < -0.3 is 14.4 Å². The van der Waals surface area contributed by atoms with Gasteiger partial charge in [0.05, 0.1) is 7.85 Å². The molecule has 0 rings (SSSR count). The molecular weight excluding hydrogens is 193 g/mol. The van der Waals surface area contributed by atoms with Gasteiger partial charge in [0.2, 0.25) is 0 Å². The van der Waals surface area contributed by atoms with E-state index >= 15 is 0 Å². The molecule has 0 aliphatic heterocycles. The Morgan fingerprint density at radius 2 is 1.87 bits per heavy atom. The van der Waals surface area contributed by atoms with Crippen molar-refractivity contribution in [2.24, 2.45) is 0 Å². The summed E-state index contributed by atoms with van der Waals surface area (Å²) in [5, 5.41) is 0. The van der Waals surface area contributed by atoms with Crippen LogP contribution < -0.4 is 0 Å². The van der Waals surface area contributed by atoms with Crippen LogP contribution in [0.5, 0.6) is 0 Å². The van der Waals surface area contributed by atoms with Gasteiger partial charge in [-0.3, -0.25) is 0 Å². The maximum absolute atomic E-state index is 11.3. The summed E-state index contributed by atoms with van der Waals surface area (Å²) in [5.74, 6) is 0. The lowest BCUT2D eigenvalue weighted by Gasteiger charge is -2.24. The first-order valence-electron chi connectivity index (χ1n) is 4.82. The third-order valence-electron chi connectivity index (χ3n) is 1.29. The number of hydrogen-bond donors (Lipinski definition) is 0. The minimum absolute atomic E-state index is 0.343. The molecule has 0 heterocycles. The molecular formula is C10H20BNO3. The lowest BCUT2D eigenvalue weighted by atomic mass is 10.2. The molecule has 0 aliphatic carbocycles. The normalized spacial score (nSPS) is 9.67. The summed E-state index contributed by atoms with van der Waals surface area (Å²) in [6.07, 6.45) is 0.728. The van der Waals surface area contributed by atoms with E-state index in [-0.39, 0.29) is 0 Å². The third-order valence-corrected chi connectivity index (χ3v) is 1.29. The van der Waals surface area contributed by atoms with Crippen molar-refractivity contribution in [1.29, 1.82) is 0 Å². The molecule has 0 aromatic carbocycles. The maximum atomic E-state index is 11.3. The number of hydrogen-bond acceptors (Lipinski definition) is 3. The lowest BCUT2D eigenvalue weighted by Crippen LogP contribution is -2.34. The predicted molar refractivity (Wildman–Crippen MR) is 61.2 cm³/mol. The fourth-order valence-corrected chi connectivity index (χ4v) is 0.677. The minimum atomic E-state index is -0.480. The summed E-state index contributed by atoms with van der Waals surface area (Å²) in [5.41, 5.74) is -0.480. The molecule has 2 radical (unpaired) electrons. The number of carbonyl (C=O) groups is 2.